The van der Waals surface area contributed by atoms with Gasteiger partial charge in [-0.3, -0.25) is 4.79 Å². The third-order valence-corrected chi connectivity index (χ3v) is 2.57. The van der Waals surface area contributed by atoms with Crippen molar-refractivity contribution >= 4 is 11.6 Å². The molecule has 2 aromatic rings. The SMILES string of the molecule is CNC(C)C(=O)Nc1ccc(-n2cnnn2)cc1. The predicted molar refractivity (Wildman–Crippen MR) is 66.3 cm³/mol. The first-order valence-corrected chi connectivity index (χ1v) is 5.52. The van der Waals surface area contributed by atoms with Crippen molar-refractivity contribution in [2.45, 2.75) is 13.0 Å². The van der Waals surface area contributed by atoms with Gasteiger partial charge >= 0.3 is 0 Å². The zero-order valence-corrected chi connectivity index (χ0v) is 10.2. The monoisotopic (exact) mass is 246 g/mol. The molecule has 94 valence electrons. The molecule has 0 spiro atoms. The standard InChI is InChI=1S/C11H14N6O/c1-8(12-2)11(18)14-9-3-5-10(6-4-9)17-7-13-15-16-17/h3-8,12H,1-2H3,(H,14,18). The molecule has 7 heteroatoms. The van der Waals surface area contributed by atoms with E-state index in [1.807, 2.05) is 12.1 Å². The summed E-state index contributed by atoms with van der Waals surface area (Å²) in [5.74, 6) is -0.0762. The first-order chi connectivity index (χ1) is 8.70. The molecule has 0 saturated carbocycles. The van der Waals surface area contributed by atoms with E-state index in [4.69, 9.17) is 0 Å². The summed E-state index contributed by atoms with van der Waals surface area (Å²) in [5, 5.41) is 16.6. The molecule has 1 unspecified atom stereocenters. The number of hydrogen-bond donors (Lipinski definition) is 2. The van der Waals surface area contributed by atoms with E-state index in [9.17, 15) is 4.79 Å². The number of anilines is 1. The van der Waals surface area contributed by atoms with Gasteiger partial charge < -0.3 is 10.6 Å². The Bertz CT molecular complexity index is 507. The van der Waals surface area contributed by atoms with Crippen molar-refractivity contribution in [3.05, 3.63) is 30.6 Å². The van der Waals surface area contributed by atoms with Crippen molar-refractivity contribution in [2.75, 3.05) is 12.4 Å². The Hall–Kier alpha value is -2.28. The quantitative estimate of drug-likeness (QED) is 0.805. The number of carbonyl (C=O) groups excluding carboxylic acids is 1. The zero-order chi connectivity index (χ0) is 13.0. The molecule has 2 N–H and O–H groups in total. The van der Waals surface area contributed by atoms with E-state index in [0.29, 0.717) is 0 Å². The van der Waals surface area contributed by atoms with Crippen molar-refractivity contribution in [1.82, 2.24) is 25.5 Å². The lowest BCUT2D eigenvalue weighted by atomic mass is 10.2. The number of aromatic nitrogens is 4. The molecule has 0 radical (unpaired) electrons. The van der Waals surface area contributed by atoms with Crippen molar-refractivity contribution in [2.24, 2.45) is 0 Å². The maximum Gasteiger partial charge on any atom is 0.241 e. The van der Waals surface area contributed by atoms with Crippen molar-refractivity contribution in [1.29, 1.82) is 0 Å². The van der Waals surface area contributed by atoms with Gasteiger partial charge in [-0.2, -0.15) is 0 Å². The van der Waals surface area contributed by atoms with Gasteiger partial charge in [-0.1, -0.05) is 0 Å². The first kappa shape index (κ1) is 12.2. The Kier molecular flexibility index (Phi) is 3.63. The first-order valence-electron chi connectivity index (χ1n) is 5.52. The van der Waals surface area contributed by atoms with E-state index >= 15 is 0 Å². The van der Waals surface area contributed by atoms with Crippen LogP contribution in [0.4, 0.5) is 5.69 Å². The van der Waals surface area contributed by atoms with Crippen molar-refractivity contribution in [3.63, 3.8) is 0 Å². The number of carbonyl (C=O) groups is 1. The Morgan fingerprint density at radius 1 is 1.33 bits per heavy atom. The lowest BCUT2D eigenvalue weighted by molar-refractivity contribution is -0.117. The van der Waals surface area contributed by atoms with E-state index in [1.54, 1.807) is 30.8 Å². The van der Waals surface area contributed by atoms with Crippen LogP contribution in [0.5, 0.6) is 0 Å². The van der Waals surface area contributed by atoms with Crippen LogP contribution in [0.2, 0.25) is 0 Å². The van der Waals surface area contributed by atoms with Crippen LogP contribution in [0.15, 0.2) is 30.6 Å². The van der Waals surface area contributed by atoms with E-state index in [1.165, 1.54) is 6.33 Å². The molecule has 18 heavy (non-hydrogen) atoms. The van der Waals surface area contributed by atoms with E-state index in [-0.39, 0.29) is 11.9 Å². The van der Waals surface area contributed by atoms with E-state index in [0.717, 1.165) is 11.4 Å². The number of benzene rings is 1. The van der Waals surface area contributed by atoms with Gasteiger partial charge in [0, 0.05) is 5.69 Å². The second-order valence-corrected chi connectivity index (χ2v) is 3.80. The summed E-state index contributed by atoms with van der Waals surface area (Å²) >= 11 is 0. The normalized spacial score (nSPS) is 12.1. The van der Waals surface area contributed by atoms with Crippen LogP contribution < -0.4 is 10.6 Å². The molecule has 7 nitrogen and oxygen atoms in total. The van der Waals surface area contributed by atoms with E-state index < -0.39 is 0 Å². The van der Waals surface area contributed by atoms with Crippen LogP contribution in [0.3, 0.4) is 0 Å². The highest BCUT2D eigenvalue weighted by Crippen LogP contribution is 2.12. The maximum atomic E-state index is 11.6. The van der Waals surface area contributed by atoms with Gasteiger partial charge in [-0.05, 0) is 48.7 Å². The summed E-state index contributed by atoms with van der Waals surface area (Å²) in [6, 6.07) is 7.03. The molecule has 1 aromatic carbocycles. The molecule has 0 aliphatic rings. The molecule has 0 bridgehead atoms. The third-order valence-electron chi connectivity index (χ3n) is 2.57. The molecule has 0 aliphatic heterocycles. The molecule has 0 saturated heterocycles. The summed E-state index contributed by atoms with van der Waals surface area (Å²) in [6.07, 6.45) is 1.51. The molecule has 1 atom stereocenters. The minimum atomic E-state index is -0.232. The molecule has 1 aromatic heterocycles. The summed E-state index contributed by atoms with van der Waals surface area (Å²) in [7, 11) is 1.74. The number of nitrogens with one attached hydrogen (secondary N) is 2. The van der Waals surface area contributed by atoms with Gasteiger partial charge in [-0.15, -0.1) is 5.10 Å². The molecular formula is C11H14N6O. The Balaban J connectivity index is 2.06. The van der Waals surface area contributed by atoms with Gasteiger partial charge in [0.15, 0.2) is 0 Å². The average Bonchev–Trinajstić information content (AvgIpc) is 2.92. The van der Waals surface area contributed by atoms with E-state index in [2.05, 4.69) is 26.2 Å². The summed E-state index contributed by atoms with van der Waals surface area (Å²) in [6.45, 7) is 1.80. The molecule has 2 rings (SSSR count). The van der Waals surface area contributed by atoms with Crippen molar-refractivity contribution in [3.8, 4) is 5.69 Å². The number of amides is 1. The average molecular weight is 246 g/mol. The predicted octanol–water partition coefficient (Wildman–Crippen LogP) is 0.209. The van der Waals surface area contributed by atoms with Crippen LogP contribution >= 0.6 is 0 Å². The second kappa shape index (κ2) is 5.37. The largest absolute Gasteiger partial charge is 0.325 e. The summed E-state index contributed by atoms with van der Waals surface area (Å²) in [5.41, 5.74) is 1.57. The fourth-order valence-electron chi connectivity index (χ4n) is 1.36. The Morgan fingerprint density at radius 2 is 2.06 bits per heavy atom. The number of rotatable bonds is 4. The zero-order valence-electron chi connectivity index (χ0n) is 10.2. The van der Waals surface area contributed by atoms with Gasteiger partial charge in [0.25, 0.3) is 0 Å². The fourth-order valence-corrected chi connectivity index (χ4v) is 1.36. The summed E-state index contributed by atoms with van der Waals surface area (Å²) in [4.78, 5) is 11.6. The highest BCUT2D eigenvalue weighted by molar-refractivity contribution is 5.94. The van der Waals surface area contributed by atoms with Gasteiger partial charge in [0.05, 0.1) is 11.7 Å². The smallest absolute Gasteiger partial charge is 0.241 e. The third kappa shape index (κ3) is 2.69. The Morgan fingerprint density at radius 3 is 2.61 bits per heavy atom. The van der Waals surface area contributed by atoms with Crippen LogP contribution in [0.1, 0.15) is 6.92 Å². The molecule has 0 fully saturated rings. The van der Waals surface area contributed by atoms with Crippen LogP contribution in [0.25, 0.3) is 5.69 Å². The topological polar surface area (TPSA) is 84.7 Å². The van der Waals surface area contributed by atoms with Gasteiger partial charge in [-0.25, -0.2) is 4.68 Å². The number of hydrogen-bond acceptors (Lipinski definition) is 5. The highest BCUT2D eigenvalue weighted by Gasteiger charge is 2.09. The molecular weight excluding hydrogens is 232 g/mol. The van der Waals surface area contributed by atoms with Crippen molar-refractivity contribution < 1.29 is 4.79 Å². The summed E-state index contributed by atoms with van der Waals surface area (Å²) < 4.78 is 1.54. The second-order valence-electron chi connectivity index (χ2n) is 3.80. The number of tetrazole rings is 1. The maximum absolute atomic E-state index is 11.6. The molecule has 1 amide bonds. The fraction of sp³-hybridized carbons (Fsp3) is 0.273. The highest BCUT2D eigenvalue weighted by atomic mass is 16.2. The lowest BCUT2D eigenvalue weighted by Crippen LogP contribution is -2.35. The number of nitrogens with zero attached hydrogens (tertiary/aromatic N) is 4. The minimum absolute atomic E-state index is 0.0762. The minimum Gasteiger partial charge on any atom is -0.325 e. The van der Waals surface area contributed by atoms with Crippen LogP contribution in [-0.4, -0.2) is 39.2 Å². The lowest BCUT2D eigenvalue weighted by Gasteiger charge is -2.11. The molecule has 1 heterocycles. The molecule has 0 aliphatic carbocycles. The number of likely N-dealkylation sites (N-methyl/N-ethyl adjacent to an activating group) is 1. The van der Waals surface area contributed by atoms with Gasteiger partial charge in [0.2, 0.25) is 5.91 Å². The van der Waals surface area contributed by atoms with Crippen LogP contribution in [0, 0.1) is 0 Å². The van der Waals surface area contributed by atoms with Crippen LogP contribution in [-0.2, 0) is 4.79 Å². The van der Waals surface area contributed by atoms with Gasteiger partial charge in [0.1, 0.15) is 6.33 Å². The Labute approximate surface area is 104 Å².